The number of hydrogen-bond donors (Lipinski definition) is 1. The third-order valence-corrected chi connectivity index (χ3v) is 1.96. The zero-order valence-corrected chi connectivity index (χ0v) is 8.10. The van der Waals surface area contributed by atoms with Crippen molar-refractivity contribution in [2.24, 2.45) is 7.05 Å². The summed E-state index contributed by atoms with van der Waals surface area (Å²) in [6.07, 6.45) is 3.45. The van der Waals surface area contributed by atoms with Crippen LogP contribution in [0.15, 0.2) is 24.5 Å². The number of nitrogens with zero attached hydrogens (tertiary/aromatic N) is 4. The fraction of sp³-hybridized carbons (Fsp3) is 0.222. The van der Waals surface area contributed by atoms with E-state index in [1.807, 2.05) is 26.2 Å². The molecule has 2 aromatic rings. The van der Waals surface area contributed by atoms with Crippen molar-refractivity contribution in [3.8, 4) is 11.5 Å². The van der Waals surface area contributed by atoms with Crippen LogP contribution in [0.25, 0.3) is 11.5 Å². The highest BCUT2D eigenvalue weighted by atomic mass is 15.3. The summed E-state index contributed by atoms with van der Waals surface area (Å²) in [5.74, 6) is 1.48. The van der Waals surface area contributed by atoms with Gasteiger partial charge in [0.25, 0.3) is 0 Å². The van der Waals surface area contributed by atoms with Crippen molar-refractivity contribution in [3.63, 3.8) is 0 Å². The molecule has 0 fully saturated rings. The Kier molecular flexibility index (Phi) is 2.14. The number of rotatable bonds is 2. The van der Waals surface area contributed by atoms with Gasteiger partial charge in [-0.25, -0.2) is 9.97 Å². The zero-order chi connectivity index (χ0) is 9.97. The minimum Gasteiger partial charge on any atom is -0.373 e. The van der Waals surface area contributed by atoms with E-state index in [4.69, 9.17) is 0 Å². The fourth-order valence-electron chi connectivity index (χ4n) is 1.21. The molecule has 0 aliphatic carbocycles. The number of nitrogens with one attached hydrogen (secondary N) is 1. The van der Waals surface area contributed by atoms with Gasteiger partial charge in [-0.1, -0.05) is 0 Å². The average Bonchev–Trinajstić information content (AvgIpc) is 2.65. The first kappa shape index (κ1) is 8.68. The van der Waals surface area contributed by atoms with Crippen LogP contribution in [-0.4, -0.2) is 26.8 Å². The van der Waals surface area contributed by atoms with Crippen molar-refractivity contribution >= 4 is 5.82 Å². The molecule has 0 atom stereocenters. The maximum atomic E-state index is 4.31. The first-order valence-corrected chi connectivity index (χ1v) is 4.30. The van der Waals surface area contributed by atoms with Crippen LogP contribution >= 0.6 is 0 Å². The molecule has 0 aromatic carbocycles. The van der Waals surface area contributed by atoms with Crippen molar-refractivity contribution in [3.05, 3.63) is 24.5 Å². The molecular formula is C9H11N5. The quantitative estimate of drug-likeness (QED) is 0.763. The molecule has 0 saturated carbocycles. The van der Waals surface area contributed by atoms with Crippen LogP contribution in [0.5, 0.6) is 0 Å². The van der Waals surface area contributed by atoms with E-state index >= 15 is 0 Å². The highest BCUT2D eigenvalue weighted by Gasteiger charge is 2.05. The minimum absolute atomic E-state index is 0.678. The van der Waals surface area contributed by atoms with E-state index in [0.29, 0.717) is 5.82 Å². The second-order valence-electron chi connectivity index (χ2n) is 2.86. The van der Waals surface area contributed by atoms with Crippen molar-refractivity contribution in [2.45, 2.75) is 0 Å². The topological polar surface area (TPSA) is 55.6 Å². The van der Waals surface area contributed by atoms with E-state index in [2.05, 4.69) is 20.4 Å². The highest BCUT2D eigenvalue weighted by molar-refractivity contribution is 5.51. The Morgan fingerprint density at radius 3 is 2.79 bits per heavy atom. The van der Waals surface area contributed by atoms with Crippen molar-refractivity contribution in [2.75, 3.05) is 12.4 Å². The summed E-state index contributed by atoms with van der Waals surface area (Å²) in [5, 5.41) is 7.03. The van der Waals surface area contributed by atoms with Crippen LogP contribution < -0.4 is 5.32 Å². The lowest BCUT2D eigenvalue weighted by atomic mass is 10.4. The summed E-state index contributed by atoms with van der Waals surface area (Å²) in [4.78, 5) is 8.49. The second kappa shape index (κ2) is 3.45. The Bertz CT molecular complexity index is 434. The molecule has 5 nitrogen and oxygen atoms in total. The van der Waals surface area contributed by atoms with Crippen LogP contribution in [0.1, 0.15) is 0 Å². The maximum Gasteiger partial charge on any atom is 0.179 e. The van der Waals surface area contributed by atoms with Gasteiger partial charge in [-0.2, -0.15) is 5.10 Å². The van der Waals surface area contributed by atoms with Crippen molar-refractivity contribution in [1.29, 1.82) is 0 Å². The lowest BCUT2D eigenvalue weighted by Crippen LogP contribution is -1.99. The Morgan fingerprint density at radius 1 is 1.29 bits per heavy atom. The summed E-state index contributed by atoms with van der Waals surface area (Å²) in [6.45, 7) is 0. The Hall–Kier alpha value is -1.91. The molecule has 2 aromatic heterocycles. The van der Waals surface area contributed by atoms with Gasteiger partial charge in [0.2, 0.25) is 0 Å². The van der Waals surface area contributed by atoms with Crippen LogP contribution in [0.4, 0.5) is 5.82 Å². The van der Waals surface area contributed by atoms with Crippen molar-refractivity contribution < 1.29 is 0 Å². The van der Waals surface area contributed by atoms with E-state index in [1.54, 1.807) is 17.1 Å². The number of aromatic nitrogens is 4. The van der Waals surface area contributed by atoms with E-state index in [9.17, 15) is 0 Å². The summed E-state index contributed by atoms with van der Waals surface area (Å²) >= 11 is 0. The molecule has 5 heteroatoms. The first-order valence-electron chi connectivity index (χ1n) is 4.30. The largest absolute Gasteiger partial charge is 0.373 e. The third kappa shape index (κ3) is 1.44. The van der Waals surface area contributed by atoms with Gasteiger partial charge in [-0.15, -0.1) is 0 Å². The first-order chi connectivity index (χ1) is 6.81. The van der Waals surface area contributed by atoms with Crippen molar-refractivity contribution in [1.82, 2.24) is 19.7 Å². The highest BCUT2D eigenvalue weighted by Crippen LogP contribution is 2.13. The Labute approximate surface area is 81.8 Å². The molecule has 0 unspecified atom stereocenters. The van der Waals surface area contributed by atoms with Gasteiger partial charge in [-0.05, 0) is 12.1 Å². The zero-order valence-electron chi connectivity index (χ0n) is 8.10. The molecule has 0 spiro atoms. The molecule has 14 heavy (non-hydrogen) atoms. The SMILES string of the molecule is CNc1ccnc(-c2ccnn2C)n1. The summed E-state index contributed by atoms with van der Waals surface area (Å²) in [6, 6.07) is 3.70. The van der Waals surface area contributed by atoms with E-state index in [-0.39, 0.29) is 0 Å². The molecular weight excluding hydrogens is 178 g/mol. The molecule has 0 radical (unpaired) electrons. The normalized spacial score (nSPS) is 10.1. The van der Waals surface area contributed by atoms with Gasteiger partial charge in [0.05, 0.1) is 0 Å². The van der Waals surface area contributed by atoms with Gasteiger partial charge in [-0.3, -0.25) is 4.68 Å². The molecule has 1 N–H and O–H groups in total. The summed E-state index contributed by atoms with van der Waals surface area (Å²) in [5.41, 5.74) is 0.905. The predicted molar refractivity (Wildman–Crippen MR) is 53.8 cm³/mol. The lowest BCUT2D eigenvalue weighted by molar-refractivity contribution is 0.770. The molecule has 0 amide bonds. The molecule has 0 aliphatic heterocycles. The van der Waals surface area contributed by atoms with Gasteiger partial charge >= 0.3 is 0 Å². The third-order valence-electron chi connectivity index (χ3n) is 1.96. The van der Waals surface area contributed by atoms with E-state index in [1.165, 1.54) is 0 Å². The lowest BCUT2D eigenvalue weighted by Gasteiger charge is -2.02. The molecule has 0 saturated heterocycles. The van der Waals surface area contributed by atoms with Gasteiger partial charge in [0.1, 0.15) is 11.5 Å². The molecule has 0 aliphatic rings. The minimum atomic E-state index is 0.678. The van der Waals surface area contributed by atoms with Gasteiger partial charge < -0.3 is 5.32 Å². The van der Waals surface area contributed by atoms with Gasteiger partial charge in [0.15, 0.2) is 5.82 Å². The average molecular weight is 189 g/mol. The Morgan fingerprint density at radius 2 is 2.14 bits per heavy atom. The standard InChI is InChI=1S/C9H11N5/c1-10-8-4-5-11-9(13-8)7-3-6-12-14(7)2/h3-6H,1-2H3,(H,10,11,13). The van der Waals surface area contributed by atoms with Crippen LogP contribution in [0.2, 0.25) is 0 Å². The predicted octanol–water partition coefficient (Wildman–Crippen LogP) is 0.919. The molecule has 0 bridgehead atoms. The fourth-order valence-corrected chi connectivity index (χ4v) is 1.21. The smallest absolute Gasteiger partial charge is 0.179 e. The second-order valence-corrected chi connectivity index (χ2v) is 2.86. The van der Waals surface area contributed by atoms with E-state index < -0.39 is 0 Å². The Balaban J connectivity index is 2.47. The summed E-state index contributed by atoms with van der Waals surface area (Å²) in [7, 11) is 3.69. The van der Waals surface area contributed by atoms with Crippen LogP contribution in [-0.2, 0) is 7.05 Å². The molecule has 72 valence electrons. The van der Waals surface area contributed by atoms with E-state index in [0.717, 1.165) is 11.5 Å². The molecule has 2 rings (SSSR count). The number of aryl methyl sites for hydroxylation is 1. The van der Waals surface area contributed by atoms with Crippen LogP contribution in [0, 0.1) is 0 Å². The van der Waals surface area contributed by atoms with Gasteiger partial charge in [0, 0.05) is 26.5 Å². The maximum absolute atomic E-state index is 4.31. The number of anilines is 1. The number of hydrogen-bond acceptors (Lipinski definition) is 4. The summed E-state index contributed by atoms with van der Waals surface area (Å²) < 4.78 is 1.74. The molecule has 2 heterocycles. The van der Waals surface area contributed by atoms with Crippen LogP contribution in [0.3, 0.4) is 0 Å². The monoisotopic (exact) mass is 189 g/mol.